The molecule has 45 heavy (non-hydrogen) atoms. The van der Waals surface area contributed by atoms with Gasteiger partial charge in [0, 0.05) is 7.26 Å². The van der Waals surface area contributed by atoms with Crippen LogP contribution in [0.3, 0.4) is 0 Å². The third-order valence-electron chi connectivity index (χ3n) is 9.38. The molecule has 0 aromatic rings. The van der Waals surface area contributed by atoms with E-state index in [9.17, 15) is 32.8 Å². The Bertz CT molecular complexity index is 796. The summed E-state index contributed by atoms with van der Waals surface area (Å²) >= 11 is 0. The Hall–Kier alpha value is -0.720. The molecular formula is C36H74O7PS+. The number of carboxylic acid groups (broad SMARTS) is 2. The average Bonchev–Trinajstić information content (AvgIpc) is 2.99. The van der Waals surface area contributed by atoms with Crippen LogP contribution in [0.1, 0.15) is 183 Å². The summed E-state index contributed by atoms with van der Waals surface area (Å²) in [6, 6.07) is 0. The van der Waals surface area contributed by atoms with Gasteiger partial charge in [0.15, 0.2) is 0 Å². The zero-order valence-electron chi connectivity index (χ0n) is 30.3. The number of aliphatic carboxylic acids is 2. The van der Waals surface area contributed by atoms with E-state index in [1.165, 1.54) is 51.4 Å². The van der Waals surface area contributed by atoms with Crippen LogP contribution >= 0.6 is 7.26 Å². The van der Waals surface area contributed by atoms with Crippen LogP contribution in [0.15, 0.2) is 0 Å². The highest BCUT2D eigenvalue weighted by molar-refractivity contribution is 7.88. The summed E-state index contributed by atoms with van der Waals surface area (Å²) in [7, 11) is -5.66. The molecule has 7 nitrogen and oxygen atoms in total. The van der Waals surface area contributed by atoms with Crippen LogP contribution < -0.4 is 0 Å². The predicted molar refractivity (Wildman–Crippen MR) is 195 cm³/mol. The summed E-state index contributed by atoms with van der Waals surface area (Å²) in [5.74, 6) is -4.93. The van der Waals surface area contributed by atoms with Crippen LogP contribution in [0, 0.1) is 5.92 Å². The quantitative estimate of drug-likeness (QED) is 0.0391. The fourth-order valence-corrected chi connectivity index (χ4v) is 12.8. The molecular weight excluding hydrogens is 607 g/mol. The van der Waals surface area contributed by atoms with Gasteiger partial charge in [-0.05, 0) is 38.5 Å². The summed E-state index contributed by atoms with van der Waals surface area (Å²) in [4.78, 5) is 23.8. The second kappa shape index (κ2) is 28.3. The fraction of sp³-hybridized carbons (Fsp3) is 0.944. The van der Waals surface area contributed by atoms with Gasteiger partial charge in [-0.25, -0.2) is 0 Å². The van der Waals surface area contributed by atoms with Crippen LogP contribution in [0.4, 0.5) is 0 Å². The summed E-state index contributed by atoms with van der Waals surface area (Å²) in [6.45, 7) is 13.6. The first-order chi connectivity index (χ1) is 21.4. The van der Waals surface area contributed by atoms with E-state index in [1.54, 1.807) is 24.6 Å². The molecule has 0 saturated carbocycles. The molecule has 270 valence electrons. The van der Waals surface area contributed by atoms with Gasteiger partial charge in [-0.15, -0.1) is 0 Å². The van der Waals surface area contributed by atoms with Crippen molar-refractivity contribution in [2.45, 2.75) is 188 Å². The van der Waals surface area contributed by atoms with Gasteiger partial charge in [0.2, 0.25) is 4.75 Å². The second-order valence-corrected chi connectivity index (χ2v) is 19.4. The first-order valence-electron chi connectivity index (χ1n) is 18.7. The van der Waals surface area contributed by atoms with Gasteiger partial charge in [-0.3, -0.25) is 14.1 Å². The maximum Gasteiger partial charge on any atom is 0.328 e. The van der Waals surface area contributed by atoms with E-state index in [0.717, 1.165) is 51.4 Å². The largest absolute Gasteiger partial charge is 0.481 e. The highest BCUT2D eigenvalue weighted by atomic mass is 32.2. The summed E-state index contributed by atoms with van der Waals surface area (Å²) < 4.78 is 31.3. The number of hydrogen-bond acceptors (Lipinski definition) is 4. The Morgan fingerprint density at radius 1 is 0.556 bits per heavy atom. The van der Waals surface area contributed by atoms with E-state index in [4.69, 9.17) is 0 Å². The van der Waals surface area contributed by atoms with Crippen LogP contribution in [0.5, 0.6) is 0 Å². The minimum Gasteiger partial charge on any atom is -0.481 e. The highest BCUT2D eigenvalue weighted by Crippen LogP contribution is 2.61. The molecule has 2 atom stereocenters. The van der Waals surface area contributed by atoms with Crippen molar-refractivity contribution in [3.05, 3.63) is 0 Å². The number of rotatable bonds is 30. The van der Waals surface area contributed by atoms with Gasteiger partial charge < -0.3 is 10.2 Å². The SMILES string of the molecule is CCCCCCCCC(C(=O)O)C(CCCCCCCC)(C(=O)O)S(=O)(=O)O.CCCC[P+](CCCC)(CCCC)CCCC. The molecule has 3 N–H and O–H groups in total. The topological polar surface area (TPSA) is 129 Å². The predicted octanol–water partition coefficient (Wildman–Crippen LogP) is 11.1. The van der Waals surface area contributed by atoms with Crippen molar-refractivity contribution in [1.29, 1.82) is 0 Å². The van der Waals surface area contributed by atoms with Gasteiger partial charge in [0.1, 0.15) is 0 Å². The van der Waals surface area contributed by atoms with Gasteiger partial charge in [0.25, 0.3) is 10.1 Å². The first kappa shape index (κ1) is 46.4. The number of carboxylic acids is 2. The molecule has 0 saturated heterocycles. The lowest BCUT2D eigenvalue weighted by molar-refractivity contribution is -0.152. The molecule has 9 heteroatoms. The summed E-state index contributed by atoms with van der Waals surface area (Å²) in [6.07, 6.45) is 27.4. The number of hydrogen-bond donors (Lipinski definition) is 3. The van der Waals surface area contributed by atoms with Crippen LogP contribution in [-0.4, -0.2) is 64.5 Å². The van der Waals surface area contributed by atoms with Gasteiger partial charge in [0.05, 0.1) is 30.6 Å². The fourth-order valence-electron chi connectivity index (χ4n) is 6.35. The Labute approximate surface area is 279 Å². The van der Waals surface area contributed by atoms with Crippen LogP contribution in [-0.2, 0) is 19.7 Å². The van der Waals surface area contributed by atoms with Crippen molar-refractivity contribution >= 4 is 29.3 Å². The van der Waals surface area contributed by atoms with Gasteiger partial charge in [-0.1, -0.05) is 144 Å². The minimum atomic E-state index is -5.10. The lowest BCUT2D eigenvalue weighted by Crippen LogP contribution is -2.55. The van der Waals surface area contributed by atoms with Crippen LogP contribution in [0.2, 0.25) is 0 Å². The maximum atomic E-state index is 12.1. The molecule has 0 aliphatic heterocycles. The highest BCUT2D eigenvalue weighted by Gasteiger charge is 2.58. The third kappa shape index (κ3) is 19.6. The van der Waals surface area contributed by atoms with E-state index in [1.807, 2.05) is 0 Å². The van der Waals surface area contributed by atoms with Gasteiger partial charge in [-0.2, -0.15) is 8.42 Å². The molecule has 2 unspecified atom stereocenters. The van der Waals surface area contributed by atoms with Crippen molar-refractivity contribution in [3.8, 4) is 0 Å². The lowest BCUT2D eigenvalue weighted by atomic mass is 9.82. The van der Waals surface area contributed by atoms with Crippen molar-refractivity contribution in [1.82, 2.24) is 0 Å². The van der Waals surface area contributed by atoms with Gasteiger partial charge >= 0.3 is 11.9 Å². The molecule has 0 fully saturated rings. The minimum absolute atomic E-state index is 0.0800. The molecule has 0 rings (SSSR count). The molecule has 0 amide bonds. The Morgan fingerprint density at radius 3 is 1.20 bits per heavy atom. The summed E-state index contributed by atoms with van der Waals surface area (Å²) in [5.41, 5.74) is 0. The third-order valence-corrected chi connectivity index (χ3v) is 16.0. The Morgan fingerprint density at radius 2 is 0.889 bits per heavy atom. The standard InChI is InChI=1S/C20H38O7S.C16H36P/c1-3-5-7-9-11-13-15-17(18(21)22)20(19(23)24,28(25,26)27)16-14-12-10-8-6-4-2;1-5-9-13-17(14-10-6-2,15-11-7-3)16-12-8-4/h17H,3-16H2,1-2H3,(H,21,22)(H,23,24)(H,25,26,27);5-16H2,1-4H3/q;+1. The average molecular weight is 682 g/mol. The molecule has 0 radical (unpaired) electrons. The molecule has 0 aromatic heterocycles. The van der Waals surface area contributed by atoms with E-state index in [0.29, 0.717) is 19.3 Å². The zero-order valence-corrected chi connectivity index (χ0v) is 32.0. The smallest absolute Gasteiger partial charge is 0.328 e. The maximum absolute atomic E-state index is 12.1. The monoisotopic (exact) mass is 681 g/mol. The van der Waals surface area contributed by atoms with E-state index in [2.05, 4.69) is 41.5 Å². The lowest BCUT2D eigenvalue weighted by Gasteiger charge is -2.32. The van der Waals surface area contributed by atoms with Crippen molar-refractivity contribution in [2.24, 2.45) is 5.92 Å². The van der Waals surface area contributed by atoms with Crippen LogP contribution in [0.25, 0.3) is 0 Å². The molecule has 0 aromatic carbocycles. The van der Waals surface area contributed by atoms with Crippen molar-refractivity contribution < 1.29 is 32.8 Å². The molecule has 0 bridgehead atoms. The number of unbranched alkanes of at least 4 members (excludes halogenated alkanes) is 14. The normalized spacial score (nSPS) is 13.9. The Balaban J connectivity index is 0. The van der Waals surface area contributed by atoms with E-state index >= 15 is 0 Å². The molecule has 0 spiro atoms. The second-order valence-electron chi connectivity index (χ2n) is 13.3. The Kier molecular flexibility index (Phi) is 29.2. The van der Waals surface area contributed by atoms with Crippen molar-refractivity contribution in [3.63, 3.8) is 0 Å². The van der Waals surface area contributed by atoms with Crippen molar-refractivity contribution in [2.75, 3.05) is 24.6 Å². The summed E-state index contributed by atoms with van der Waals surface area (Å²) in [5, 5.41) is 19.3. The zero-order chi connectivity index (χ0) is 34.6. The molecule has 0 aliphatic carbocycles. The molecule has 0 aliphatic rings. The molecule has 0 heterocycles. The first-order valence-corrected chi connectivity index (χ1v) is 22.6. The van der Waals surface area contributed by atoms with E-state index in [-0.39, 0.29) is 19.3 Å². The van der Waals surface area contributed by atoms with E-state index < -0.39 is 40.0 Å². The number of carbonyl (C=O) groups is 2.